The van der Waals surface area contributed by atoms with Gasteiger partial charge in [-0.3, -0.25) is 0 Å². The predicted octanol–water partition coefficient (Wildman–Crippen LogP) is 17.4. The average Bonchev–Trinajstić information content (AvgIpc) is 4.13. The number of anilines is 3. The van der Waals surface area contributed by atoms with Crippen molar-refractivity contribution < 1.29 is 4.42 Å². The summed E-state index contributed by atoms with van der Waals surface area (Å²) in [5, 5.41) is 3.43. The number of nitrogens with zero attached hydrogens (tertiary/aromatic N) is 1. The Labute approximate surface area is 408 Å². The van der Waals surface area contributed by atoms with E-state index in [0.29, 0.717) is 0 Å². The Morgan fingerprint density at radius 2 is 0.729 bits per heavy atom. The standard InChI is InChI=1S/C68H45NO/c1-5-19-48(20-6-1)67(49-21-7-2-8-22-49)61-31-17-15-28-56(61)58-36-34-52(44-63(58)67)69(65-39-38-54(55-27-13-14-30-60(55)65)46-33-40-66-47(43-46)41-42-70-66)53-35-37-59-57-29-16-18-32-62(57)68(64(59)45-53,50-23-9-3-10-24-50)51-25-11-4-12-26-51/h1-45H. The van der Waals surface area contributed by atoms with Gasteiger partial charge < -0.3 is 9.32 Å². The third-order valence-electron chi connectivity index (χ3n) is 15.3. The van der Waals surface area contributed by atoms with Crippen LogP contribution < -0.4 is 4.90 Å². The smallest absolute Gasteiger partial charge is 0.133 e. The zero-order valence-corrected chi connectivity index (χ0v) is 38.3. The van der Waals surface area contributed by atoms with Crippen LogP contribution in [0.4, 0.5) is 17.1 Å². The molecule has 0 atom stereocenters. The number of rotatable bonds is 8. The van der Waals surface area contributed by atoms with Crippen molar-refractivity contribution in [1.82, 2.24) is 0 Å². The molecule has 328 valence electrons. The van der Waals surface area contributed by atoms with Crippen molar-refractivity contribution in [3.8, 4) is 33.4 Å². The second-order valence-corrected chi connectivity index (χ2v) is 18.7. The monoisotopic (exact) mass is 891 g/mol. The van der Waals surface area contributed by atoms with Crippen LogP contribution in [0, 0.1) is 0 Å². The lowest BCUT2D eigenvalue weighted by molar-refractivity contribution is 0.616. The molecule has 12 aromatic rings. The number of hydrogen-bond acceptors (Lipinski definition) is 2. The van der Waals surface area contributed by atoms with Crippen LogP contribution in [0.3, 0.4) is 0 Å². The van der Waals surface area contributed by atoms with E-state index in [4.69, 9.17) is 4.42 Å². The van der Waals surface area contributed by atoms with Crippen molar-refractivity contribution in [1.29, 1.82) is 0 Å². The molecule has 0 fully saturated rings. The molecule has 1 aromatic heterocycles. The van der Waals surface area contributed by atoms with E-state index in [1.54, 1.807) is 6.26 Å². The highest BCUT2D eigenvalue weighted by Gasteiger charge is 2.48. The minimum absolute atomic E-state index is 0.566. The van der Waals surface area contributed by atoms with Gasteiger partial charge in [0.2, 0.25) is 0 Å². The molecular formula is C68H45NO. The molecular weight excluding hydrogens is 847 g/mol. The zero-order chi connectivity index (χ0) is 46.2. The fraction of sp³-hybridized carbons (Fsp3) is 0.0294. The van der Waals surface area contributed by atoms with Crippen LogP contribution in [-0.4, -0.2) is 0 Å². The lowest BCUT2D eigenvalue weighted by Gasteiger charge is -2.36. The van der Waals surface area contributed by atoms with Gasteiger partial charge in [0.25, 0.3) is 0 Å². The number of hydrogen-bond donors (Lipinski definition) is 0. The van der Waals surface area contributed by atoms with Gasteiger partial charge in [-0.2, -0.15) is 0 Å². The summed E-state index contributed by atoms with van der Waals surface area (Å²) in [4.78, 5) is 2.53. The van der Waals surface area contributed by atoms with Gasteiger partial charge in [-0.25, -0.2) is 0 Å². The molecule has 0 radical (unpaired) electrons. The summed E-state index contributed by atoms with van der Waals surface area (Å²) >= 11 is 0. The molecule has 2 aliphatic rings. The van der Waals surface area contributed by atoms with Crippen LogP contribution in [0.25, 0.3) is 55.1 Å². The van der Waals surface area contributed by atoms with Gasteiger partial charge >= 0.3 is 0 Å². The van der Waals surface area contributed by atoms with Gasteiger partial charge in [0.1, 0.15) is 5.58 Å². The number of benzene rings is 11. The van der Waals surface area contributed by atoms with Crippen LogP contribution in [0.1, 0.15) is 44.5 Å². The van der Waals surface area contributed by atoms with Crippen LogP contribution in [0.2, 0.25) is 0 Å². The lowest BCUT2D eigenvalue weighted by atomic mass is 9.67. The molecule has 0 unspecified atom stereocenters. The summed E-state index contributed by atoms with van der Waals surface area (Å²) in [7, 11) is 0. The molecule has 0 spiro atoms. The Balaban J connectivity index is 1.07. The summed E-state index contributed by atoms with van der Waals surface area (Å²) < 4.78 is 5.78. The molecule has 70 heavy (non-hydrogen) atoms. The van der Waals surface area contributed by atoms with Crippen molar-refractivity contribution in [2.45, 2.75) is 10.8 Å². The molecule has 0 bridgehead atoms. The third-order valence-corrected chi connectivity index (χ3v) is 15.3. The van der Waals surface area contributed by atoms with Gasteiger partial charge in [0.15, 0.2) is 0 Å². The van der Waals surface area contributed by atoms with Gasteiger partial charge in [-0.1, -0.05) is 218 Å². The molecule has 2 nitrogen and oxygen atoms in total. The predicted molar refractivity (Wildman–Crippen MR) is 288 cm³/mol. The van der Waals surface area contributed by atoms with Gasteiger partial charge in [0, 0.05) is 22.1 Å². The van der Waals surface area contributed by atoms with E-state index < -0.39 is 10.8 Å². The van der Waals surface area contributed by atoms with E-state index in [1.807, 2.05) is 6.07 Å². The fourth-order valence-corrected chi connectivity index (χ4v) is 12.4. The molecule has 0 saturated carbocycles. The first-order chi connectivity index (χ1) is 34.7. The first-order valence-electron chi connectivity index (χ1n) is 24.2. The maximum Gasteiger partial charge on any atom is 0.133 e. The molecule has 0 amide bonds. The lowest BCUT2D eigenvalue weighted by Crippen LogP contribution is -2.29. The van der Waals surface area contributed by atoms with Gasteiger partial charge in [0.05, 0.1) is 22.8 Å². The molecule has 14 rings (SSSR count). The minimum Gasteiger partial charge on any atom is -0.464 e. The molecule has 1 heterocycles. The van der Waals surface area contributed by atoms with E-state index in [1.165, 1.54) is 77.7 Å². The maximum absolute atomic E-state index is 5.78. The molecule has 0 aliphatic heterocycles. The topological polar surface area (TPSA) is 16.4 Å². The number of furan rings is 1. The maximum atomic E-state index is 5.78. The van der Waals surface area contributed by atoms with E-state index in [-0.39, 0.29) is 0 Å². The van der Waals surface area contributed by atoms with E-state index in [9.17, 15) is 0 Å². The van der Waals surface area contributed by atoms with E-state index in [0.717, 1.165) is 39.0 Å². The summed E-state index contributed by atoms with van der Waals surface area (Å²) in [6.45, 7) is 0. The Hall–Kier alpha value is -8.98. The van der Waals surface area contributed by atoms with Crippen molar-refractivity contribution in [2.75, 3.05) is 4.90 Å². The summed E-state index contributed by atoms with van der Waals surface area (Å²) in [6.07, 6.45) is 1.77. The Bertz CT molecular complexity index is 3690. The van der Waals surface area contributed by atoms with Crippen molar-refractivity contribution in [3.05, 3.63) is 318 Å². The average molecular weight is 892 g/mol. The fourth-order valence-electron chi connectivity index (χ4n) is 12.4. The van der Waals surface area contributed by atoms with Crippen LogP contribution in [0.15, 0.2) is 278 Å². The second kappa shape index (κ2) is 15.8. The highest BCUT2D eigenvalue weighted by Crippen LogP contribution is 2.60. The van der Waals surface area contributed by atoms with E-state index >= 15 is 0 Å². The zero-order valence-electron chi connectivity index (χ0n) is 38.3. The first-order valence-corrected chi connectivity index (χ1v) is 24.2. The third kappa shape index (κ3) is 5.74. The first kappa shape index (κ1) is 40.1. The van der Waals surface area contributed by atoms with Gasteiger partial charge in [-0.15, -0.1) is 0 Å². The Morgan fingerprint density at radius 3 is 1.24 bits per heavy atom. The molecule has 0 N–H and O–H groups in total. The largest absolute Gasteiger partial charge is 0.464 e. The van der Waals surface area contributed by atoms with E-state index in [2.05, 4.69) is 266 Å². The summed E-state index contributed by atoms with van der Waals surface area (Å²) in [5.74, 6) is 0. The summed E-state index contributed by atoms with van der Waals surface area (Å²) in [5.41, 5.74) is 20.5. The van der Waals surface area contributed by atoms with Crippen LogP contribution in [-0.2, 0) is 10.8 Å². The molecule has 0 saturated heterocycles. The SMILES string of the molecule is c1ccc(C2(c3ccccc3)c3ccccc3-c3ccc(N(c4ccc5c(c4)C(c4ccccc4)(c4ccccc4)c4ccccc4-5)c4ccc(-c5ccc6occc6c5)c5ccccc45)cc32)cc1. The highest BCUT2D eigenvalue weighted by molar-refractivity contribution is 6.07. The van der Waals surface area contributed by atoms with Crippen molar-refractivity contribution >= 4 is 38.8 Å². The second-order valence-electron chi connectivity index (χ2n) is 18.7. The highest BCUT2D eigenvalue weighted by atomic mass is 16.3. The molecule has 11 aromatic carbocycles. The summed E-state index contributed by atoms with van der Waals surface area (Å²) in [6, 6.07) is 99.0. The number of fused-ring (bicyclic) bond motifs is 8. The van der Waals surface area contributed by atoms with Crippen molar-refractivity contribution in [3.63, 3.8) is 0 Å². The van der Waals surface area contributed by atoms with Gasteiger partial charge in [-0.05, 0) is 132 Å². The van der Waals surface area contributed by atoms with Crippen LogP contribution in [0.5, 0.6) is 0 Å². The Kier molecular flexibility index (Phi) is 9.06. The Morgan fingerprint density at radius 1 is 0.300 bits per heavy atom. The minimum atomic E-state index is -0.566. The molecule has 2 heteroatoms. The quantitative estimate of drug-likeness (QED) is 0.151. The van der Waals surface area contributed by atoms with Crippen LogP contribution >= 0.6 is 0 Å². The normalized spacial score (nSPS) is 13.7. The van der Waals surface area contributed by atoms with Crippen molar-refractivity contribution in [2.24, 2.45) is 0 Å². The molecule has 2 aliphatic carbocycles.